The lowest BCUT2D eigenvalue weighted by Crippen LogP contribution is -1.70. The van der Waals surface area contributed by atoms with Gasteiger partial charge in [-0.25, -0.2) is 0 Å². The molecule has 0 atom stereocenters. The molecule has 0 unspecified atom stereocenters. The largest absolute Gasteiger partial charge is 0.0882 e. The summed E-state index contributed by atoms with van der Waals surface area (Å²) in [7, 11) is 0. The van der Waals surface area contributed by atoms with E-state index in [1.54, 1.807) is 0 Å². The van der Waals surface area contributed by atoms with Gasteiger partial charge in [0.1, 0.15) is 0 Å². The summed E-state index contributed by atoms with van der Waals surface area (Å²) in [5.41, 5.74) is 0. The Morgan fingerprint density at radius 1 is 0.529 bits per heavy atom. The third-order valence-corrected chi connectivity index (χ3v) is 2.74. The third-order valence-electron chi connectivity index (χ3n) is 2.74. The van der Waals surface area contributed by atoms with Crippen LogP contribution in [0.15, 0.2) is 36.5 Å². The molecule has 0 heterocycles. The lowest BCUT2D eigenvalue weighted by Gasteiger charge is -1.90. The fourth-order valence-corrected chi connectivity index (χ4v) is 1.61. The van der Waals surface area contributed by atoms with Crippen molar-refractivity contribution in [1.82, 2.24) is 0 Å². The van der Waals surface area contributed by atoms with Gasteiger partial charge in [0.15, 0.2) is 0 Å². The summed E-state index contributed by atoms with van der Waals surface area (Å²) in [5.74, 6) is 0. The maximum Gasteiger partial charge on any atom is -0.0169 e. The van der Waals surface area contributed by atoms with Crippen LogP contribution in [-0.4, -0.2) is 0 Å². The average Bonchev–Trinajstić information content (AvgIpc) is 2.35. The van der Waals surface area contributed by atoms with Gasteiger partial charge in [-0.2, -0.15) is 0 Å². The molecule has 0 aromatic carbocycles. The molecule has 17 heavy (non-hydrogen) atoms. The van der Waals surface area contributed by atoms with Crippen LogP contribution in [0.2, 0.25) is 0 Å². The van der Waals surface area contributed by atoms with E-state index in [2.05, 4.69) is 50.3 Å². The van der Waals surface area contributed by atoms with Crippen LogP contribution in [-0.2, 0) is 0 Å². The minimum Gasteiger partial charge on any atom is -0.0882 e. The second-order valence-corrected chi connectivity index (χ2v) is 4.52. The van der Waals surface area contributed by atoms with Crippen LogP contribution >= 0.6 is 0 Å². The third kappa shape index (κ3) is 15.2. The summed E-state index contributed by atoms with van der Waals surface area (Å²) >= 11 is 0. The van der Waals surface area contributed by atoms with Gasteiger partial charge in [0.2, 0.25) is 0 Å². The molecule has 0 heteroatoms. The molecule has 0 aromatic rings. The smallest absolute Gasteiger partial charge is 0.0169 e. The van der Waals surface area contributed by atoms with Crippen molar-refractivity contribution < 1.29 is 0 Å². The predicted octanol–water partition coefficient (Wildman–Crippen LogP) is 6.21. The van der Waals surface area contributed by atoms with Crippen LogP contribution in [0.3, 0.4) is 0 Å². The molecule has 0 aliphatic heterocycles. The molecule has 0 radical (unpaired) electrons. The first-order chi connectivity index (χ1) is 8.41. The van der Waals surface area contributed by atoms with Gasteiger partial charge < -0.3 is 0 Å². The summed E-state index contributed by atoms with van der Waals surface area (Å²) < 4.78 is 0. The Morgan fingerprint density at radius 3 is 1.53 bits per heavy atom. The second-order valence-electron chi connectivity index (χ2n) is 4.52. The Bertz CT molecular complexity index is 208. The van der Waals surface area contributed by atoms with E-state index < -0.39 is 0 Å². The fourth-order valence-electron chi connectivity index (χ4n) is 1.61. The molecule has 0 aliphatic carbocycles. The van der Waals surface area contributed by atoms with Gasteiger partial charge in [0.05, 0.1) is 0 Å². The molecule has 0 spiro atoms. The van der Waals surface area contributed by atoms with Gasteiger partial charge in [-0.15, -0.1) is 0 Å². The van der Waals surface area contributed by atoms with Crippen LogP contribution in [0.4, 0.5) is 0 Å². The summed E-state index contributed by atoms with van der Waals surface area (Å²) in [6.07, 6.45) is 25.0. The van der Waals surface area contributed by atoms with Crippen LogP contribution in [0.5, 0.6) is 0 Å². The summed E-state index contributed by atoms with van der Waals surface area (Å²) in [6.45, 7) is 4.49. The average molecular weight is 234 g/mol. The minimum absolute atomic E-state index is 1.09. The SMILES string of the molecule is CCCC/C=C/C/C=C/C/C=C/CCCCC. The highest BCUT2D eigenvalue weighted by Crippen LogP contribution is 2.01. The molecule has 0 aliphatic rings. The van der Waals surface area contributed by atoms with E-state index in [0.717, 1.165) is 12.8 Å². The first-order valence-electron chi connectivity index (χ1n) is 7.36. The molecular weight excluding hydrogens is 204 g/mol. The Kier molecular flexibility index (Phi) is 14.5. The van der Waals surface area contributed by atoms with E-state index in [0.29, 0.717) is 0 Å². The van der Waals surface area contributed by atoms with Crippen molar-refractivity contribution in [3.05, 3.63) is 36.5 Å². The molecule has 98 valence electrons. The number of hydrogen-bond acceptors (Lipinski definition) is 0. The molecule has 0 amide bonds. The van der Waals surface area contributed by atoms with Crippen LogP contribution in [0.25, 0.3) is 0 Å². The number of unbranched alkanes of at least 4 members (excludes halogenated alkanes) is 5. The number of hydrogen-bond donors (Lipinski definition) is 0. The van der Waals surface area contributed by atoms with Gasteiger partial charge in [-0.3, -0.25) is 0 Å². The lowest BCUT2D eigenvalue weighted by atomic mass is 10.2. The lowest BCUT2D eigenvalue weighted by molar-refractivity contribution is 0.728. The maximum atomic E-state index is 2.32. The molecule has 0 N–H and O–H groups in total. The van der Waals surface area contributed by atoms with E-state index in [4.69, 9.17) is 0 Å². The first kappa shape index (κ1) is 16.2. The highest BCUT2D eigenvalue weighted by molar-refractivity contribution is 4.97. The summed E-state index contributed by atoms with van der Waals surface area (Å²) in [6, 6.07) is 0. The molecular formula is C17H30. The highest BCUT2D eigenvalue weighted by atomic mass is 13.9. The summed E-state index contributed by atoms with van der Waals surface area (Å²) in [4.78, 5) is 0. The van der Waals surface area contributed by atoms with E-state index >= 15 is 0 Å². The van der Waals surface area contributed by atoms with Crippen molar-refractivity contribution in [2.75, 3.05) is 0 Å². The predicted molar refractivity (Wildman–Crippen MR) is 80.3 cm³/mol. The normalized spacial score (nSPS) is 12.4. The van der Waals surface area contributed by atoms with E-state index in [1.165, 1.54) is 44.9 Å². The molecule has 0 saturated heterocycles. The van der Waals surface area contributed by atoms with Crippen LogP contribution in [0, 0.1) is 0 Å². The summed E-state index contributed by atoms with van der Waals surface area (Å²) in [5, 5.41) is 0. The molecule has 0 nitrogen and oxygen atoms in total. The van der Waals surface area contributed by atoms with Gasteiger partial charge in [0.25, 0.3) is 0 Å². The molecule has 0 rings (SSSR count). The zero-order valence-electron chi connectivity index (χ0n) is 11.8. The van der Waals surface area contributed by atoms with Crippen molar-refractivity contribution in [3.8, 4) is 0 Å². The maximum absolute atomic E-state index is 2.32. The van der Waals surface area contributed by atoms with Crippen LogP contribution in [0.1, 0.15) is 71.6 Å². The van der Waals surface area contributed by atoms with Crippen molar-refractivity contribution in [2.45, 2.75) is 71.6 Å². The fraction of sp³-hybridized carbons (Fsp3) is 0.647. The zero-order valence-corrected chi connectivity index (χ0v) is 11.8. The minimum atomic E-state index is 1.09. The standard InChI is InChI=1S/C17H30/c1-3-5-7-9-11-13-15-17-16-14-12-10-8-6-4-2/h9,11-12,14-15,17H,3-8,10,13,16H2,1-2H3/b11-9+,14-12+,17-15+. The van der Waals surface area contributed by atoms with Crippen LogP contribution < -0.4 is 0 Å². The number of allylic oxidation sites excluding steroid dienone is 6. The molecule has 0 fully saturated rings. The van der Waals surface area contributed by atoms with E-state index in [1.807, 2.05) is 0 Å². The van der Waals surface area contributed by atoms with Crippen molar-refractivity contribution in [2.24, 2.45) is 0 Å². The Hall–Kier alpha value is -0.780. The highest BCUT2D eigenvalue weighted by Gasteiger charge is 1.80. The van der Waals surface area contributed by atoms with Crippen molar-refractivity contribution in [1.29, 1.82) is 0 Å². The topological polar surface area (TPSA) is 0 Å². The number of rotatable bonds is 11. The van der Waals surface area contributed by atoms with Gasteiger partial charge in [-0.05, 0) is 32.1 Å². The van der Waals surface area contributed by atoms with Gasteiger partial charge in [-0.1, -0.05) is 76.0 Å². The second kappa shape index (κ2) is 15.2. The zero-order chi connectivity index (χ0) is 12.6. The van der Waals surface area contributed by atoms with Gasteiger partial charge in [0, 0.05) is 0 Å². The van der Waals surface area contributed by atoms with E-state index in [9.17, 15) is 0 Å². The Balaban J connectivity index is 3.27. The monoisotopic (exact) mass is 234 g/mol. The quantitative estimate of drug-likeness (QED) is 0.295. The Morgan fingerprint density at radius 2 is 1.00 bits per heavy atom. The van der Waals surface area contributed by atoms with Gasteiger partial charge >= 0.3 is 0 Å². The molecule has 0 saturated carbocycles. The van der Waals surface area contributed by atoms with Crippen molar-refractivity contribution >= 4 is 0 Å². The molecule has 0 bridgehead atoms. The Labute approximate surface area is 109 Å². The first-order valence-corrected chi connectivity index (χ1v) is 7.36. The van der Waals surface area contributed by atoms with Crippen molar-refractivity contribution in [3.63, 3.8) is 0 Å². The van der Waals surface area contributed by atoms with E-state index in [-0.39, 0.29) is 0 Å². The molecule has 0 aromatic heterocycles.